The second kappa shape index (κ2) is 12.3. The van der Waals surface area contributed by atoms with Gasteiger partial charge >= 0.3 is 12.4 Å². The van der Waals surface area contributed by atoms with Gasteiger partial charge in [-0.3, -0.25) is 14.4 Å². The smallest absolute Gasteiger partial charge is 0.369 e. The van der Waals surface area contributed by atoms with Gasteiger partial charge in [-0.1, -0.05) is 48.0 Å². The number of hydrogen-bond donors (Lipinski definition) is 3. The first-order valence-electron chi connectivity index (χ1n) is 12.0. The highest BCUT2D eigenvalue weighted by atomic mass is 35.5. The fraction of sp³-hybridized carbons (Fsp3) is 0.385. The number of nitrogens with zero attached hydrogens (tertiary/aromatic N) is 1. The average Bonchev–Trinajstić information content (AvgIpc) is 2.97. The number of nitrogens with one attached hydrogen (secondary N) is 2. The number of benzodiazepines with no additional fused rings is 1. The van der Waals surface area contributed by atoms with Gasteiger partial charge in [-0.25, -0.2) is 4.99 Å². The Balaban J connectivity index is 2.03. The summed E-state index contributed by atoms with van der Waals surface area (Å²) in [5.74, 6) is -7.36. The Hall–Kier alpha value is -3.61. The third-order valence-electron chi connectivity index (χ3n) is 6.37. The van der Waals surface area contributed by atoms with Gasteiger partial charge in [0.2, 0.25) is 18.0 Å². The number of aryl methyl sites for hydroxylation is 1. The fourth-order valence-corrected chi connectivity index (χ4v) is 4.61. The summed E-state index contributed by atoms with van der Waals surface area (Å²) >= 11 is 6.30. The monoisotopic (exact) mass is 590 g/mol. The van der Waals surface area contributed by atoms with Gasteiger partial charge in [0.15, 0.2) is 0 Å². The molecule has 0 fully saturated rings. The van der Waals surface area contributed by atoms with Crippen LogP contribution >= 0.6 is 11.6 Å². The predicted molar refractivity (Wildman–Crippen MR) is 136 cm³/mol. The molecule has 0 bridgehead atoms. The lowest BCUT2D eigenvalue weighted by Crippen LogP contribution is -2.48. The molecule has 0 unspecified atom stereocenters. The molecule has 1 heterocycles. The van der Waals surface area contributed by atoms with Crippen molar-refractivity contribution >= 4 is 40.7 Å². The highest BCUT2D eigenvalue weighted by Gasteiger charge is 2.40. The number of hydrogen-bond acceptors (Lipinski definition) is 4. The molecule has 4 N–H and O–H groups in total. The molecule has 3 rings (SSSR count). The molecule has 2 aromatic carbocycles. The van der Waals surface area contributed by atoms with Gasteiger partial charge < -0.3 is 16.4 Å². The SMILES string of the molecule is Cc1ccccc1C1=N[C@H](NC(=O)[C@H](CCC(F)(F)F)[C@H](CCC(F)(F)F)C(N)=O)C(=O)Nc2c(Cl)cccc21. The first-order valence-corrected chi connectivity index (χ1v) is 12.4. The van der Waals surface area contributed by atoms with Crippen LogP contribution in [0.5, 0.6) is 0 Å². The van der Waals surface area contributed by atoms with E-state index in [9.17, 15) is 40.7 Å². The second-order valence-electron chi connectivity index (χ2n) is 9.28. The van der Waals surface area contributed by atoms with Crippen molar-refractivity contribution < 1.29 is 40.7 Å². The summed E-state index contributed by atoms with van der Waals surface area (Å²) in [7, 11) is 0. The first kappa shape index (κ1) is 30.9. The summed E-state index contributed by atoms with van der Waals surface area (Å²) in [6, 6.07) is 11.6. The molecule has 0 saturated carbocycles. The molecule has 1 aliphatic heterocycles. The Morgan fingerprint density at radius 2 is 1.55 bits per heavy atom. The van der Waals surface area contributed by atoms with Crippen LogP contribution < -0.4 is 16.4 Å². The standard InChI is InChI=1S/C26H25ClF6N4O3/c1-13-5-2-3-6-14(13)19-17-7-4-8-18(27)20(17)36-24(40)22(35-19)37-23(39)16(10-12-26(31,32)33)15(21(34)38)9-11-25(28,29)30/h2-8,15-16,22H,9-12H2,1H3,(H2,34,38)(H,36,40)(H,37,39)/t15-,16+,22+/m0/s1. The number of carbonyl (C=O) groups excluding carboxylic acids is 3. The van der Waals surface area contributed by atoms with Crippen LogP contribution in [0.3, 0.4) is 0 Å². The molecular weight excluding hydrogens is 566 g/mol. The maximum Gasteiger partial charge on any atom is 0.389 e. The lowest BCUT2D eigenvalue weighted by molar-refractivity contribution is -0.152. The molecule has 0 radical (unpaired) electrons. The first-order chi connectivity index (χ1) is 18.6. The van der Waals surface area contributed by atoms with Crippen LogP contribution in [0, 0.1) is 18.8 Å². The lowest BCUT2D eigenvalue weighted by Gasteiger charge is -2.26. The topological polar surface area (TPSA) is 114 Å². The molecule has 40 heavy (non-hydrogen) atoms. The van der Waals surface area contributed by atoms with Crippen LogP contribution in [-0.4, -0.2) is 42.0 Å². The van der Waals surface area contributed by atoms with Gasteiger partial charge in [-0.2, -0.15) is 26.3 Å². The van der Waals surface area contributed by atoms with Crippen LogP contribution in [-0.2, 0) is 14.4 Å². The molecule has 2 aromatic rings. The predicted octanol–water partition coefficient (Wildman–Crippen LogP) is 5.28. The van der Waals surface area contributed by atoms with Crippen LogP contribution in [0.2, 0.25) is 5.02 Å². The summed E-state index contributed by atoms with van der Waals surface area (Å²) in [4.78, 5) is 42.8. The number of amides is 3. The quantitative estimate of drug-likeness (QED) is 0.345. The molecule has 0 spiro atoms. The number of fused-ring (bicyclic) bond motifs is 1. The minimum absolute atomic E-state index is 0.142. The van der Waals surface area contributed by atoms with Gasteiger partial charge in [0.05, 0.1) is 16.4 Å². The molecule has 0 saturated heterocycles. The zero-order valence-corrected chi connectivity index (χ0v) is 21.8. The van der Waals surface area contributed by atoms with E-state index in [0.717, 1.165) is 5.56 Å². The van der Waals surface area contributed by atoms with Gasteiger partial charge in [0, 0.05) is 35.8 Å². The number of carbonyl (C=O) groups is 3. The van der Waals surface area contributed by atoms with Crippen molar-refractivity contribution in [1.82, 2.24) is 5.32 Å². The largest absolute Gasteiger partial charge is 0.389 e. The van der Waals surface area contributed by atoms with Crippen molar-refractivity contribution in [2.45, 2.75) is 51.1 Å². The van der Waals surface area contributed by atoms with Crippen LogP contribution in [0.1, 0.15) is 42.4 Å². The second-order valence-corrected chi connectivity index (χ2v) is 9.69. The molecule has 216 valence electrons. The summed E-state index contributed by atoms with van der Waals surface area (Å²) < 4.78 is 77.7. The fourth-order valence-electron chi connectivity index (χ4n) is 4.39. The number of halogens is 7. The van der Waals surface area contributed by atoms with E-state index in [-0.39, 0.29) is 16.4 Å². The number of para-hydroxylation sites is 1. The van der Waals surface area contributed by atoms with Crippen LogP contribution in [0.25, 0.3) is 0 Å². The number of aliphatic imine (C=N–C) groups is 1. The number of benzene rings is 2. The Bertz CT molecular complexity index is 1310. The Morgan fingerprint density at radius 1 is 0.975 bits per heavy atom. The molecule has 1 aliphatic rings. The normalized spacial score (nSPS) is 17.1. The molecule has 0 aliphatic carbocycles. The van der Waals surface area contributed by atoms with Crippen LogP contribution in [0.15, 0.2) is 47.5 Å². The van der Waals surface area contributed by atoms with Gasteiger partial charge in [-0.05, 0) is 31.4 Å². The van der Waals surface area contributed by atoms with Crippen molar-refractivity contribution in [3.05, 3.63) is 64.2 Å². The molecule has 3 atom stereocenters. The third-order valence-corrected chi connectivity index (χ3v) is 6.68. The zero-order valence-electron chi connectivity index (χ0n) is 21.0. The maximum absolute atomic E-state index is 13.3. The molecular formula is C26H25ClF6N4O3. The van der Waals surface area contributed by atoms with Crippen molar-refractivity contribution in [2.75, 3.05) is 5.32 Å². The number of alkyl halides is 6. The van der Waals surface area contributed by atoms with E-state index in [4.69, 9.17) is 17.3 Å². The van der Waals surface area contributed by atoms with E-state index in [1.807, 2.05) is 0 Å². The average molecular weight is 591 g/mol. The Kier molecular flexibility index (Phi) is 9.49. The van der Waals surface area contributed by atoms with E-state index < -0.39 is 73.8 Å². The lowest BCUT2D eigenvalue weighted by atomic mass is 9.83. The van der Waals surface area contributed by atoms with Gasteiger partial charge in [0.1, 0.15) is 0 Å². The maximum atomic E-state index is 13.3. The van der Waals surface area contributed by atoms with E-state index in [2.05, 4.69) is 15.6 Å². The Labute approximate surface area is 230 Å². The zero-order chi connectivity index (χ0) is 29.8. The van der Waals surface area contributed by atoms with E-state index in [0.29, 0.717) is 11.1 Å². The third kappa shape index (κ3) is 7.96. The van der Waals surface area contributed by atoms with Gasteiger partial charge in [0.25, 0.3) is 5.91 Å². The summed E-state index contributed by atoms with van der Waals surface area (Å²) in [6.45, 7) is 1.76. The molecule has 14 heteroatoms. The summed E-state index contributed by atoms with van der Waals surface area (Å²) in [6.07, 6.45) is -16.4. The minimum Gasteiger partial charge on any atom is -0.369 e. The van der Waals surface area contributed by atoms with Gasteiger partial charge in [-0.15, -0.1) is 0 Å². The van der Waals surface area contributed by atoms with E-state index in [1.54, 1.807) is 43.3 Å². The number of primary amides is 1. The van der Waals surface area contributed by atoms with Crippen molar-refractivity contribution in [3.63, 3.8) is 0 Å². The molecule has 7 nitrogen and oxygen atoms in total. The minimum atomic E-state index is -4.78. The van der Waals surface area contributed by atoms with Crippen molar-refractivity contribution in [3.8, 4) is 0 Å². The van der Waals surface area contributed by atoms with Crippen molar-refractivity contribution in [1.29, 1.82) is 0 Å². The Morgan fingerprint density at radius 3 is 2.12 bits per heavy atom. The molecule has 0 aromatic heterocycles. The number of rotatable bonds is 9. The van der Waals surface area contributed by atoms with E-state index in [1.165, 1.54) is 6.07 Å². The highest BCUT2D eigenvalue weighted by Crippen LogP contribution is 2.34. The number of nitrogens with two attached hydrogens (primary N) is 1. The van der Waals surface area contributed by atoms with E-state index >= 15 is 0 Å². The highest BCUT2D eigenvalue weighted by molar-refractivity contribution is 6.36. The number of anilines is 1. The summed E-state index contributed by atoms with van der Waals surface area (Å²) in [5, 5.41) is 4.89. The van der Waals surface area contributed by atoms with Crippen LogP contribution in [0.4, 0.5) is 32.0 Å². The molecule has 3 amide bonds. The van der Waals surface area contributed by atoms with Crippen molar-refractivity contribution in [2.24, 2.45) is 22.6 Å². The summed E-state index contributed by atoms with van der Waals surface area (Å²) in [5.41, 5.74) is 7.29.